The van der Waals surface area contributed by atoms with Gasteiger partial charge in [-0.3, -0.25) is 14.8 Å². The molecule has 2 bridgehead atoms. The van der Waals surface area contributed by atoms with Crippen LogP contribution in [0.15, 0.2) is 6.20 Å². The van der Waals surface area contributed by atoms with Crippen molar-refractivity contribution in [2.45, 2.75) is 51.2 Å². The Morgan fingerprint density at radius 3 is 2.52 bits per heavy atom. The number of hydrogen-bond acceptors (Lipinski definition) is 14. The number of likely N-dealkylation sites (tertiary alicyclic amines) is 1. The fraction of sp³-hybridized carbons (Fsp3) is 0.556. The van der Waals surface area contributed by atoms with Crippen LogP contribution >= 0.6 is 11.3 Å². The van der Waals surface area contributed by atoms with E-state index in [0.717, 1.165) is 68.7 Å². The minimum absolute atomic E-state index is 0.0538. The van der Waals surface area contributed by atoms with Crippen LogP contribution in [-0.4, -0.2) is 120 Å². The van der Waals surface area contributed by atoms with Gasteiger partial charge in [0.15, 0.2) is 11.6 Å². The summed E-state index contributed by atoms with van der Waals surface area (Å²) in [6.45, 7) is 9.26. The van der Waals surface area contributed by atoms with Crippen molar-refractivity contribution in [1.82, 2.24) is 24.8 Å². The maximum atomic E-state index is 17.5. The smallest absolute Gasteiger partial charge is 0.319 e. The molecule has 274 valence electrons. The molecule has 4 fully saturated rings. The number of pyridine rings is 1. The molecular weight excluding hydrogens is 695 g/mol. The molecule has 52 heavy (non-hydrogen) atoms. The van der Waals surface area contributed by atoms with Crippen molar-refractivity contribution in [3.05, 3.63) is 34.5 Å². The summed E-state index contributed by atoms with van der Waals surface area (Å²) in [6.07, 6.45) is 2.44. The molecule has 5 aliphatic rings. The number of halogens is 2. The van der Waals surface area contributed by atoms with Crippen LogP contribution in [0.4, 0.5) is 19.6 Å². The van der Waals surface area contributed by atoms with E-state index >= 15 is 8.78 Å². The largest absolute Gasteiger partial charge is 0.463 e. The van der Waals surface area contributed by atoms with E-state index in [2.05, 4.69) is 25.8 Å². The maximum absolute atomic E-state index is 17.5. The molecule has 3 aromatic heterocycles. The normalized spacial score (nSPS) is 23.6. The van der Waals surface area contributed by atoms with Crippen molar-refractivity contribution in [1.29, 1.82) is 5.26 Å². The number of aromatic nitrogens is 3. The highest BCUT2D eigenvalue weighted by Gasteiger charge is 2.44. The van der Waals surface area contributed by atoms with Gasteiger partial charge in [0.25, 0.3) is 0 Å². The zero-order valence-electron chi connectivity index (χ0n) is 28.9. The number of nitrogens with zero attached hydrogens (tertiary/aromatic N) is 7. The lowest BCUT2D eigenvalue weighted by Crippen LogP contribution is -2.56. The molecule has 4 saturated heterocycles. The fourth-order valence-electron chi connectivity index (χ4n) is 8.80. The predicted molar refractivity (Wildman–Crippen MR) is 189 cm³/mol. The molecule has 16 heteroatoms. The SMILES string of the molecule is C[C@@H](O)CN1CC2CCC(C1)N2c1nc(OCC2(CN3CCOCC3)COC2)nc2c(F)c(-c3ncc(F)c4sc(N)c(C#N)c34)c3c(c12)COC3. The van der Waals surface area contributed by atoms with Gasteiger partial charge >= 0.3 is 6.01 Å². The Hall–Kier alpha value is -3.82. The molecular formula is C36H40F2N8O5S. The van der Waals surface area contributed by atoms with Crippen molar-refractivity contribution >= 4 is 43.1 Å². The first-order valence-electron chi connectivity index (χ1n) is 17.8. The topological polar surface area (TPSA) is 155 Å². The van der Waals surface area contributed by atoms with Crippen LogP contribution in [0, 0.1) is 28.4 Å². The molecule has 13 nitrogen and oxygen atoms in total. The third kappa shape index (κ3) is 5.65. The zero-order chi connectivity index (χ0) is 35.7. The Labute approximate surface area is 302 Å². The Morgan fingerprint density at radius 2 is 1.83 bits per heavy atom. The molecule has 0 radical (unpaired) electrons. The summed E-state index contributed by atoms with van der Waals surface area (Å²) in [5, 5.41) is 21.1. The van der Waals surface area contributed by atoms with Gasteiger partial charge in [-0.1, -0.05) is 0 Å². The fourth-order valence-corrected chi connectivity index (χ4v) is 9.72. The van der Waals surface area contributed by atoms with Crippen LogP contribution in [0.1, 0.15) is 36.5 Å². The second kappa shape index (κ2) is 13.2. The van der Waals surface area contributed by atoms with Gasteiger partial charge < -0.3 is 34.7 Å². The van der Waals surface area contributed by atoms with E-state index in [0.29, 0.717) is 49.7 Å². The number of aliphatic hydroxyl groups excluding tert-OH is 1. The number of hydrogen-bond donors (Lipinski definition) is 2. The molecule has 5 aliphatic heterocycles. The molecule has 3 N–H and O–H groups in total. The average Bonchev–Trinajstić information content (AvgIpc) is 3.80. The average molecular weight is 735 g/mol. The third-order valence-corrected chi connectivity index (χ3v) is 12.1. The van der Waals surface area contributed by atoms with E-state index < -0.39 is 17.7 Å². The molecule has 1 aromatic carbocycles. The standard InChI is InChI=1S/C36H40F2N8O5S/c1-19(47)10-45-11-20-2-3-21(12-45)46(20)34-28-24-14-49-13-23(24)26(30-27-22(8-39)33(40)52-32(27)25(37)9-41-30)29(38)31(28)42-35(43-34)51-18-36(16-50-17-36)15-44-4-6-48-7-5-44/h9,19-21,47H,2-7,10-18,40H2,1H3/t19-,20?,21?/m1/s1. The molecule has 0 amide bonds. The van der Waals surface area contributed by atoms with Gasteiger partial charge in [-0.25, -0.2) is 8.78 Å². The lowest BCUT2D eigenvalue weighted by molar-refractivity contribution is -0.150. The number of anilines is 2. The lowest BCUT2D eigenvalue weighted by Gasteiger charge is -2.44. The van der Waals surface area contributed by atoms with E-state index in [4.69, 9.17) is 34.6 Å². The highest BCUT2D eigenvalue weighted by atomic mass is 32.1. The second-order valence-corrected chi connectivity index (χ2v) is 15.9. The first kappa shape index (κ1) is 34.0. The lowest BCUT2D eigenvalue weighted by atomic mass is 9.86. The first-order valence-corrected chi connectivity index (χ1v) is 18.6. The first-order chi connectivity index (χ1) is 25.2. The quantitative estimate of drug-likeness (QED) is 0.258. The van der Waals surface area contributed by atoms with E-state index in [9.17, 15) is 10.4 Å². The van der Waals surface area contributed by atoms with Crippen molar-refractivity contribution in [2.75, 3.05) is 82.9 Å². The van der Waals surface area contributed by atoms with Crippen molar-refractivity contribution < 1.29 is 32.8 Å². The van der Waals surface area contributed by atoms with Crippen molar-refractivity contribution in [3.63, 3.8) is 0 Å². The number of nitriles is 1. The van der Waals surface area contributed by atoms with Gasteiger partial charge in [-0.2, -0.15) is 15.2 Å². The van der Waals surface area contributed by atoms with E-state index in [1.165, 1.54) is 0 Å². The number of ether oxygens (including phenoxy) is 4. The molecule has 0 saturated carbocycles. The summed E-state index contributed by atoms with van der Waals surface area (Å²) < 4.78 is 56.4. The minimum Gasteiger partial charge on any atom is -0.463 e. The summed E-state index contributed by atoms with van der Waals surface area (Å²) in [4.78, 5) is 21.2. The van der Waals surface area contributed by atoms with E-state index in [-0.39, 0.29) is 80.8 Å². The summed E-state index contributed by atoms with van der Waals surface area (Å²) in [6, 6.07) is 2.30. The molecule has 3 atom stereocenters. The molecule has 0 aliphatic carbocycles. The highest BCUT2D eigenvalue weighted by Crippen LogP contribution is 2.48. The number of morpholine rings is 1. The Kier molecular flexibility index (Phi) is 8.65. The monoisotopic (exact) mass is 734 g/mol. The molecule has 0 spiro atoms. The summed E-state index contributed by atoms with van der Waals surface area (Å²) in [5.41, 5.74) is 7.52. The van der Waals surface area contributed by atoms with Crippen LogP contribution in [0.3, 0.4) is 0 Å². The summed E-state index contributed by atoms with van der Waals surface area (Å²) in [5.74, 6) is -0.711. The Balaban J connectivity index is 1.20. The van der Waals surface area contributed by atoms with Gasteiger partial charge in [-0.15, -0.1) is 11.3 Å². The molecule has 2 unspecified atom stereocenters. The van der Waals surface area contributed by atoms with Crippen molar-refractivity contribution in [3.8, 4) is 23.3 Å². The molecule has 4 aromatic rings. The van der Waals surface area contributed by atoms with Crippen LogP contribution in [0.25, 0.3) is 32.2 Å². The number of rotatable bonds is 9. The van der Waals surface area contributed by atoms with E-state index in [1.807, 2.05) is 0 Å². The summed E-state index contributed by atoms with van der Waals surface area (Å²) in [7, 11) is 0. The number of benzene rings is 1. The number of piperazine rings is 1. The minimum atomic E-state index is -0.670. The highest BCUT2D eigenvalue weighted by molar-refractivity contribution is 7.23. The van der Waals surface area contributed by atoms with Crippen LogP contribution in [0.5, 0.6) is 6.01 Å². The van der Waals surface area contributed by atoms with Gasteiger partial charge in [0.1, 0.15) is 29.0 Å². The molecule has 9 rings (SSSR count). The maximum Gasteiger partial charge on any atom is 0.319 e. The number of β-amino-alcohol motifs (C(OH)–C–C–N with tert-alkyl or cyclic N) is 1. The van der Waals surface area contributed by atoms with Gasteiger partial charge in [0.2, 0.25) is 0 Å². The Morgan fingerprint density at radius 1 is 1.08 bits per heavy atom. The van der Waals surface area contributed by atoms with Gasteiger partial charge in [-0.05, 0) is 30.9 Å². The van der Waals surface area contributed by atoms with E-state index in [1.54, 1.807) is 6.92 Å². The number of nitrogens with two attached hydrogens (primary N) is 1. The van der Waals surface area contributed by atoms with Gasteiger partial charge in [0.05, 0.1) is 78.7 Å². The third-order valence-electron chi connectivity index (χ3n) is 11.1. The number of fused-ring (bicyclic) bond motifs is 6. The summed E-state index contributed by atoms with van der Waals surface area (Å²) >= 11 is 0.939. The second-order valence-electron chi connectivity index (χ2n) is 14.8. The predicted octanol–water partition coefficient (Wildman–Crippen LogP) is 3.43. The van der Waals surface area contributed by atoms with Crippen LogP contribution < -0.4 is 15.4 Å². The number of nitrogen functional groups attached to an aromatic ring is 1. The zero-order valence-corrected chi connectivity index (χ0v) is 29.7. The van der Waals surface area contributed by atoms with Crippen LogP contribution in [-0.2, 0) is 27.4 Å². The van der Waals surface area contributed by atoms with Crippen molar-refractivity contribution in [2.24, 2.45) is 5.41 Å². The number of aliphatic hydroxyl groups is 1. The van der Waals surface area contributed by atoms with Crippen LogP contribution in [0.2, 0.25) is 0 Å². The number of thiophene rings is 1. The Bertz CT molecular complexity index is 2090. The molecule has 8 heterocycles. The van der Waals surface area contributed by atoms with Gasteiger partial charge in [0, 0.05) is 62.3 Å².